The van der Waals surface area contributed by atoms with Gasteiger partial charge in [0.1, 0.15) is 0 Å². The molecule has 53 heavy (non-hydrogen) atoms. The van der Waals surface area contributed by atoms with E-state index in [1.807, 2.05) is 60.7 Å². The summed E-state index contributed by atoms with van der Waals surface area (Å²) in [4.78, 5) is 21.5. The summed E-state index contributed by atoms with van der Waals surface area (Å²) in [5, 5.41) is 4.78. The Morgan fingerprint density at radius 3 is 1.60 bits per heavy atom. The first-order valence-corrected chi connectivity index (χ1v) is 18.5. The minimum absolute atomic E-state index is 0.630. The Morgan fingerprint density at radius 2 is 0.906 bits per heavy atom. The van der Waals surface area contributed by atoms with Crippen molar-refractivity contribution >= 4 is 43.1 Å². The topological polar surface area (TPSA) is 51.6 Å². The standard InChI is InChI=1S/C48H30N4S/c1-4-16-32(17-5-1)43-45-42(39-25-12-13-26-40(39)49-43)41(36-28-27-31-15-10-11-22-35(31)29-36)44(53-45)37-23-14-24-38(30-37)48-51-46(33-18-6-2-7-19-33)50-47(52-48)34-20-8-3-9-21-34/h1-30H. The average Bonchev–Trinajstić information content (AvgIpc) is 3.65. The van der Waals surface area contributed by atoms with Crippen LogP contribution < -0.4 is 0 Å². The molecule has 0 aliphatic rings. The zero-order valence-corrected chi connectivity index (χ0v) is 29.3. The van der Waals surface area contributed by atoms with Crippen LogP contribution >= 0.6 is 11.3 Å². The van der Waals surface area contributed by atoms with E-state index in [-0.39, 0.29) is 0 Å². The lowest BCUT2D eigenvalue weighted by atomic mass is 9.93. The lowest BCUT2D eigenvalue weighted by Gasteiger charge is -2.11. The molecule has 0 atom stereocenters. The number of para-hydroxylation sites is 1. The first-order chi connectivity index (χ1) is 26.3. The van der Waals surface area contributed by atoms with E-state index in [2.05, 4.69) is 121 Å². The van der Waals surface area contributed by atoms with Crippen LogP contribution in [0.1, 0.15) is 0 Å². The predicted molar refractivity (Wildman–Crippen MR) is 221 cm³/mol. The maximum atomic E-state index is 5.29. The van der Waals surface area contributed by atoms with Crippen molar-refractivity contribution in [2.75, 3.05) is 0 Å². The number of fused-ring (bicyclic) bond motifs is 4. The first-order valence-electron chi connectivity index (χ1n) is 17.6. The summed E-state index contributed by atoms with van der Waals surface area (Å²) in [6.45, 7) is 0. The van der Waals surface area contributed by atoms with Crippen LogP contribution in [0, 0.1) is 0 Å². The fourth-order valence-electron chi connectivity index (χ4n) is 7.16. The van der Waals surface area contributed by atoms with Crippen molar-refractivity contribution < 1.29 is 0 Å². The van der Waals surface area contributed by atoms with Gasteiger partial charge in [0.15, 0.2) is 17.5 Å². The molecule has 0 bridgehead atoms. The van der Waals surface area contributed by atoms with Crippen LogP contribution in [0.3, 0.4) is 0 Å². The number of rotatable bonds is 6. The van der Waals surface area contributed by atoms with E-state index in [4.69, 9.17) is 19.9 Å². The summed E-state index contributed by atoms with van der Waals surface area (Å²) in [6, 6.07) is 63.3. The molecule has 0 radical (unpaired) electrons. The summed E-state index contributed by atoms with van der Waals surface area (Å²) in [6.07, 6.45) is 0. The highest BCUT2D eigenvalue weighted by Gasteiger charge is 2.23. The van der Waals surface area contributed by atoms with E-state index in [1.165, 1.54) is 32.2 Å². The second-order valence-corrected chi connectivity index (χ2v) is 14.1. The van der Waals surface area contributed by atoms with Gasteiger partial charge in [-0.2, -0.15) is 0 Å². The molecule has 4 nitrogen and oxygen atoms in total. The monoisotopic (exact) mass is 694 g/mol. The van der Waals surface area contributed by atoms with Crippen LogP contribution in [-0.2, 0) is 0 Å². The third kappa shape index (κ3) is 5.64. The summed E-state index contributed by atoms with van der Waals surface area (Å²) in [5.41, 5.74) is 9.35. The fourth-order valence-corrected chi connectivity index (χ4v) is 8.51. The number of nitrogens with zero attached hydrogens (tertiary/aromatic N) is 4. The quantitative estimate of drug-likeness (QED) is 0.174. The molecule has 248 valence electrons. The largest absolute Gasteiger partial charge is 0.246 e. The molecule has 7 aromatic carbocycles. The van der Waals surface area contributed by atoms with Crippen LogP contribution in [0.4, 0.5) is 0 Å². The zero-order chi connectivity index (χ0) is 35.1. The number of aromatic nitrogens is 4. The molecule has 0 spiro atoms. The summed E-state index contributed by atoms with van der Waals surface area (Å²) < 4.78 is 1.16. The lowest BCUT2D eigenvalue weighted by Crippen LogP contribution is -2.00. The van der Waals surface area contributed by atoms with E-state index in [0.29, 0.717) is 17.5 Å². The van der Waals surface area contributed by atoms with Crippen molar-refractivity contribution in [3.63, 3.8) is 0 Å². The Hall–Kier alpha value is -6.82. The van der Waals surface area contributed by atoms with Crippen LogP contribution in [0.25, 0.3) is 98.7 Å². The minimum Gasteiger partial charge on any atom is -0.246 e. The van der Waals surface area contributed by atoms with Crippen LogP contribution in [0.2, 0.25) is 0 Å². The molecular formula is C48H30N4S. The van der Waals surface area contributed by atoms with Gasteiger partial charge < -0.3 is 0 Å². The Kier molecular flexibility index (Phi) is 7.63. The highest BCUT2D eigenvalue weighted by atomic mass is 32.1. The number of hydrogen-bond acceptors (Lipinski definition) is 5. The van der Waals surface area contributed by atoms with E-state index >= 15 is 0 Å². The molecule has 5 heteroatoms. The van der Waals surface area contributed by atoms with E-state index < -0.39 is 0 Å². The van der Waals surface area contributed by atoms with Crippen molar-refractivity contribution in [3.8, 4) is 67.0 Å². The Morgan fingerprint density at radius 1 is 0.358 bits per heavy atom. The average molecular weight is 695 g/mol. The first kappa shape index (κ1) is 31.0. The number of hydrogen-bond donors (Lipinski definition) is 0. The highest BCUT2D eigenvalue weighted by Crippen LogP contribution is 2.50. The molecule has 0 fully saturated rings. The maximum Gasteiger partial charge on any atom is 0.164 e. The molecular weight excluding hydrogens is 665 g/mol. The number of thiophene rings is 1. The molecule has 0 unspecified atom stereocenters. The molecule has 3 aromatic heterocycles. The smallest absolute Gasteiger partial charge is 0.164 e. The van der Waals surface area contributed by atoms with Gasteiger partial charge in [-0.15, -0.1) is 11.3 Å². The molecule has 0 aliphatic carbocycles. The Bertz CT molecular complexity index is 2880. The molecule has 0 saturated heterocycles. The van der Waals surface area contributed by atoms with Gasteiger partial charge in [-0.3, -0.25) is 0 Å². The molecule has 0 N–H and O–H groups in total. The van der Waals surface area contributed by atoms with Gasteiger partial charge in [-0.1, -0.05) is 164 Å². The normalized spacial score (nSPS) is 11.4. The van der Waals surface area contributed by atoms with Crippen molar-refractivity contribution in [2.24, 2.45) is 0 Å². The van der Waals surface area contributed by atoms with Crippen LogP contribution in [-0.4, -0.2) is 19.9 Å². The SMILES string of the molecule is c1ccc(-c2nc(-c3ccccc3)nc(-c3cccc(-c4sc5c(-c6ccccc6)nc6ccccc6c5c4-c4ccc5ccccc5c4)c3)n2)cc1. The van der Waals surface area contributed by atoms with Crippen molar-refractivity contribution in [3.05, 3.63) is 182 Å². The number of benzene rings is 7. The van der Waals surface area contributed by atoms with Crippen LogP contribution in [0.5, 0.6) is 0 Å². The summed E-state index contributed by atoms with van der Waals surface area (Å²) >= 11 is 1.80. The third-order valence-electron chi connectivity index (χ3n) is 9.70. The molecule has 10 rings (SSSR count). The van der Waals surface area contributed by atoms with Gasteiger partial charge >= 0.3 is 0 Å². The van der Waals surface area contributed by atoms with E-state index in [1.54, 1.807) is 11.3 Å². The lowest BCUT2D eigenvalue weighted by molar-refractivity contribution is 1.07. The summed E-state index contributed by atoms with van der Waals surface area (Å²) in [5.74, 6) is 1.91. The van der Waals surface area contributed by atoms with Gasteiger partial charge in [0.25, 0.3) is 0 Å². The van der Waals surface area contributed by atoms with Gasteiger partial charge in [0.2, 0.25) is 0 Å². The van der Waals surface area contributed by atoms with Crippen molar-refractivity contribution in [1.82, 2.24) is 19.9 Å². The second-order valence-electron chi connectivity index (χ2n) is 13.0. The molecule has 0 saturated carbocycles. The van der Waals surface area contributed by atoms with Crippen molar-refractivity contribution in [2.45, 2.75) is 0 Å². The summed E-state index contributed by atoms with van der Waals surface area (Å²) in [7, 11) is 0. The zero-order valence-electron chi connectivity index (χ0n) is 28.5. The highest BCUT2D eigenvalue weighted by molar-refractivity contribution is 7.23. The Labute approximate surface area is 310 Å². The molecule has 0 aliphatic heterocycles. The maximum absolute atomic E-state index is 5.29. The van der Waals surface area contributed by atoms with E-state index in [0.717, 1.165) is 49.1 Å². The van der Waals surface area contributed by atoms with Crippen LogP contribution in [0.15, 0.2) is 182 Å². The molecule has 3 heterocycles. The number of pyridine rings is 1. The van der Waals surface area contributed by atoms with Gasteiger partial charge in [-0.05, 0) is 40.1 Å². The minimum atomic E-state index is 0.630. The third-order valence-corrected chi connectivity index (χ3v) is 10.9. The second kappa shape index (κ2) is 13.1. The van der Waals surface area contributed by atoms with Gasteiger partial charge in [-0.25, -0.2) is 19.9 Å². The Balaban J connectivity index is 1.24. The predicted octanol–water partition coefficient (Wildman–Crippen LogP) is 12.8. The van der Waals surface area contributed by atoms with Gasteiger partial charge in [0.05, 0.1) is 15.9 Å². The van der Waals surface area contributed by atoms with Gasteiger partial charge in [0, 0.05) is 43.5 Å². The molecule has 0 amide bonds. The van der Waals surface area contributed by atoms with E-state index in [9.17, 15) is 0 Å². The molecule has 10 aromatic rings. The van der Waals surface area contributed by atoms with Crippen molar-refractivity contribution in [1.29, 1.82) is 0 Å². The fraction of sp³-hybridized carbons (Fsp3) is 0.